The lowest BCUT2D eigenvalue weighted by molar-refractivity contribution is -0.121. The van der Waals surface area contributed by atoms with Gasteiger partial charge in [0.25, 0.3) is 0 Å². The van der Waals surface area contributed by atoms with E-state index in [1.807, 2.05) is 0 Å². The van der Waals surface area contributed by atoms with Crippen LogP contribution in [0.1, 0.15) is 46.0 Å². The van der Waals surface area contributed by atoms with Crippen LogP contribution >= 0.6 is 0 Å². The van der Waals surface area contributed by atoms with E-state index in [2.05, 4.69) is 13.8 Å². The van der Waals surface area contributed by atoms with Crippen LogP contribution in [0.15, 0.2) is 0 Å². The first kappa shape index (κ1) is 9.18. The molecule has 0 aromatic carbocycles. The van der Waals surface area contributed by atoms with E-state index in [9.17, 15) is 4.39 Å². The van der Waals surface area contributed by atoms with Crippen molar-refractivity contribution in [3.05, 3.63) is 0 Å². The number of hydrogen-bond donors (Lipinski definition) is 0. The van der Waals surface area contributed by atoms with E-state index in [1.165, 1.54) is 12.8 Å². The smallest absolute Gasteiger partial charge is 0.111 e. The fraction of sp³-hybridized carbons (Fsp3) is 1.00. The van der Waals surface area contributed by atoms with Gasteiger partial charge in [0, 0.05) is 0 Å². The lowest BCUT2D eigenvalue weighted by Gasteiger charge is -2.58. The van der Waals surface area contributed by atoms with Gasteiger partial charge in [-0.05, 0) is 61.7 Å². The van der Waals surface area contributed by atoms with Crippen molar-refractivity contribution in [1.82, 2.24) is 0 Å². The Morgan fingerprint density at radius 2 is 1.64 bits per heavy atom. The number of hydrogen-bond acceptors (Lipinski definition) is 0. The molecule has 4 fully saturated rings. The van der Waals surface area contributed by atoms with Gasteiger partial charge in [-0.1, -0.05) is 13.8 Å². The third kappa shape index (κ3) is 1.17. The van der Waals surface area contributed by atoms with Crippen LogP contribution in [0.5, 0.6) is 0 Å². The molecule has 0 spiro atoms. The average molecular weight is 196 g/mol. The summed E-state index contributed by atoms with van der Waals surface area (Å²) in [5.41, 5.74) is -0.734. The van der Waals surface area contributed by atoms with Crippen molar-refractivity contribution in [2.75, 3.05) is 0 Å². The van der Waals surface area contributed by atoms with Crippen molar-refractivity contribution in [2.45, 2.75) is 51.6 Å². The SMILES string of the molecule is CC(C)[C@H]1C2CC3CC1C[C@](F)(C3)C2. The summed E-state index contributed by atoms with van der Waals surface area (Å²) in [5, 5.41) is 0. The zero-order valence-corrected chi connectivity index (χ0v) is 9.30. The standard InChI is InChI=1S/C13H21F/c1-8(2)12-10-3-9-4-11(12)7-13(14,5-9)6-10/h8-12H,3-7H2,1-2H3/t9?,10?,11?,12-,13-. The third-order valence-corrected chi connectivity index (χ3v) is 5.04. The fourth-order valence-electron chi connectivity index (χ4n) is 5.05. The van der Waals surface area contributed by atoms with Crippen molar-refractivity contribution < 1.29 is 4.39 Å². The molecule has 0 nitrogen and oxygen atoms in total. The Balaban J connectivity index is 1.89. The van der Waals surface area contributed by atoms with E-state index in [0.717, 1.165) is 48.9 Å². The second kappa shape index (κ2) is 2.74. The van der Waals surface area contributed by atoms with Gasteiger partial charge in [0.05, 0.1) is 0 Å². The Morgan fingerprint density at radius 1 is 1.07 bits per heavy atom. The first-order chi connectivity index (χ1) is 6.57. The molecule has 0 aliphatic heterocycles. The minimum atomic E-state index is -0.734. The quantitative estimate of drug-likeness (QED) is 0.598. The van der Waals surface area contributed by atoms with Gasteiger partial charge in [-0.2, -0.15) is 0 Å². The van der Waals surface area contributed by atoms with Crippen LogP contribution in [-0.2, 0) is 0 Å². The van der Waals surface area contributed by atoms with Crippen LogP contribution in [-0.4, -0.2) is 5.67 Å². The van der Waals surface area contributed by atoms with Crippen LogP contribution in [0.25, 0.3) is 0 Å². The highest BCUT2D eigenvalue weighted by molar-refractivity contribution is 5.06. The van der Waals surface area contributed by atoms with E-state index < -0.39 is 5.67 Å². The summed E-state index contributed by atoms with van der Waals surface area (Å²) in [7, 11) is 0. The summed E-state index contributed by atoms with van der Waals surface area (Å²) in [6.45, 7) is 4.66. The van der Waals surface area contributed by atoms with E-state index >= 15 is 0 Å². The van der Waals surface area contributed by atoms with E-state index in [1.54, 1.807) is 0 Å². The molecule has 14 heavy (non-hydrogen) atoms. The van der Waals surface area contributed by atoms with Gasteiger partial charge in [-0.15, -0.1) is 0 Å². The number of rotatable bonds is 1. The first-order valence-corrected chi connectivity index (χ1v) is 6.26. The van der Waals surface area contributed by atoms with Crippen molar-refractivity contribution in [1.29, 1.82) is 0 Å². The molecule has 0 N–H and O–H groups in total. The Bertz CT molecular complexity index is 230. The second-order valence-corrected chi connectivity index (χ2v) is 6.44. The molecule has 0 radical (unpaired) electrons. The molecular weight excluding hydrogens is 175 g/mol. The van der Waals surface area contributed by atoms with Gasteiger partial charge < -0.3 is 0 Å². The largest absolute Gasteiger partial charge is 0.244 e. The van der Waals surface area contributed by atoms with Gasteiger partial charge in [-0.3, -0.25) is 0 Å². The molecule has 2 atom stereocenters. The van der Waals surface area contributed by atoms with E-state index in [0.29, 0.717) is 0 Å². The van der Waals surface area contributed by atoms with Crippen LogP contribution in [0.4, 0.5) is 4.39 Å². The van der Waals surface area contributed by atoms with Crippen LogP contribution in [0.3, 0.4) is 0 Å². The van der Waals surface area contributed by atoms with Crippen LogP contribution in [0, 0.1) is 29.6 Å². The molecule has 1 heteroatoms. The minimum Gasteiger partial charge on any atom is -0.244 e. The molecule has 4 aliphatic carbocycles. The summed E-state index contributed by atoms with van der Waals surface area (Å²) < 4.78 is 14.3. The summed E-state index contributed by atoms with van der Waals surface area (Å²) in [4.78, 5) is 0. The maximum atomic E-state index is 14.3. The average Bonchev–Trinajstić information content (AvgIpc) is 1.97. The molecule has 2 unspecified atom stereocenters. The van der Waals surface area contributed by atoms with Gasteiger partial charge >= 0.3 is 0 Å². The molecule has 0 amide bonds. The van der Waals surface area contributed by atoms with E-state index in [4.69, 9.17) is 0 Å². The summed E-state index contributed by atoms with van der Waals surface area (Å²) >= 11 is 0. The minimum absolute atomic E-state index is 0.728. The second-order valence-electron chi connectivity index (χ2n) is 6.44. The maximum Gasteiger partial charge on any atom is 0.111 e. The summed E-state index contributed by atoms with van der Waals surface area (Å²) in [6, 6.07) is 0. The van der Waals surface area contributed by atoms with Crippen LogP contribution < -0.4 is 0 Å². The Labute approximate surface area is 86.3 Å². The molecule has 0 saturated heterocycles. The van der Waals surface area contributed by atoms with Gasteiger partial charge in [0.15, 0.2) is 0 Å². The maximum absolute atomic E-state index is 14.3. The summed E-state index contributed by atoms with van der Waals surface area (Å²) in [6.07, 6.45) is 5.35. The third-order valence-electron chi connectivity index (χ3n) is 5.04. The Kier molecular flexibility index (Phi) is 1.79. The van der Waals surface area contributed by atoms with Crippen molar-refractivity contribution in [3.8, 4) is 0 Å². The van der Waals surface area contributed by atoms with E-state index in [-0.39, 0.29) is 0 Å². The lowest BCUT2D eigenvalue weighted by Crippen LogP contribution is -2.53. The van der Waals surface area contributed by atoms with Gasteiger partial charge in [0.1, 0.15) is 5.67 Å². The highest BCUT2D eigenvalue weighted by Gasteiger charge is 2.56. The Morgan fingerprint density at radius 3 is 2.07 bits per heavy atom. The molecular formula is C13H21F. The summed E-state index contributed by atoms with van der Waals surface area (Å²) in [5.74, 6) is 3.81. The first-order valence-electron chi connectivity index (χ1n) is 6.26. The fourth-order valence-corrected chi connectivity index (χ4v) is 5.05. The number of halogens is 1. The number of alkyl halides is 1. The highest BCUT2D eigenvalue weighted by Crippen LogP contribution is 2.61. The Hall–Kier alpha value is -0.0700. The molecule has 0 aromatic heterocycles. The highest BCUT2D eigenvalue weighted by atomic mass is 19.1. The molecule has 80 valence electrons. The van der Waals surface area contributed by atoms with Crippen molar-refractivity contribution >= 4 is 0 Å². The van der Waals surface area contributed by atoms with Crippen molar-refractivity contribution in [3.63, 3.8) is 0 Å². The molecule has 4 aliphatic rings. The molecule has 4 saturated carbocycles. The predicted octanol–water partition coefficient (Wildman–Crippen LogP) is 3.81. The predicted molar refractivity (Wildman–Crippen MR) is 55.7 cm³/mol. The lowest BCUT2D eigenvalue weighted by atomic mass is 9.49. The normalized spacial score (nSPS) is 55.7. The molecule has 0 heterocycles. The van der Waals surface area contributed by atoms with Crippen LogP contribution in [0.2, 0.25) is 0 Å². The zero-order chi connectivity index (χ0) is 9.92. The molecule has 0 aromatic rings. The molecule has 4 rings (SSSR count). The topological polar surface area (TPSA) is 0 Å². The van der Waals surface area contributed by atoms with Crippen molar-refractivity contribution in [2.24, 2.45) is 29.6 Å². The zero-order valence-electron chi connectivity index (χ0n) is 9.30. The molecule has 4 bridgehead atoms. The van der Waals surface area contributed by atoms with Gasteiger partial charge in [-0.25, -0.2) is 4.39 Å². The monoisotopic (exact) mass is 196 g/mol. The van der Waals surface area contributed by atoms with Gasteiger partial charge in [0.2, 0.25) is 0 Å².